The molecule has 6 rings (SSSR count). The fourth-order valence-electron chi connectivity index (χ4n) is 5.35. The van der Waals surface area contributed by atoms with Crippen LogP contribution in [0.4, 0.5) is 5.69 Å². The van der Waals surface area contributed by atoms with Crippen LogP contribution < -0.4 is 10.6 Å². The lowest BCUT2D eigenvalue weighted by Crippen LogP contribution is -2.51. The molecule has 2 aliphatic heterocycles. The van der Waals surface area contributed by atoms with Crippen LogP contribution in [0.1, 0.15) is 44.8 Å². The third kappa shape index (κ3) is 3.73. The van der Waals surface area contributed by atoms with Gasteiger partial charge in [-0.05, 0) is 58.0 Å². The van der Waals surface area contributed by atoms with Crippen LogP contribution in [0, 0.1) is 0 Å². The first-order chi connectivity index (χ1) is 17.1. The molecule has 0 fully saturated rings. The SMILES string of the molecule is CNC(=O)[C@H]1CC2=C(Cc3ccccc32)CN1C(=O)c1occc1CNc1ccc2c(c1)CN=C2. The summed E-state index contributed by atoms with van der Waals surface area (Å²) < 4.78 is 5.68. The van der Waals surface area contributed by atoms with Crippen molar-refractivity contribution < 1.29 is 14.0 Å². The normalized spacial score (nSPS) is 17.7. The molecule has 2 amide bonds. The summed E-state index contributed by atoms with van der Waals surface area (Å²) in [6, 6.07) is 15.7. The lowest BCUT2D eigenvalue weighted by molar-refractivity contribution is -0.125. The number of fused-ring (bicyclic) bond motifs is 3. The van der Waals surface area contributed by atoms with Crippen molar-refractivity contribution in [3.63, 3.8) is 0 Å². The maximum absolute atomic E-state index is 13.7. The number of hydrogen-bond acceptors (Lipinski definition) is 5. The van der Waals surface area contributed by atoms with Gasteiger partial charge in [0.25, 0.3) is 5.91 Å². The van der Waals surface area contributed by atoms with Crippen LogP contribution in [-0.2, 0) is 24.3 Å². The lowest BCUT2D eigenvalue weighted by atomic mass is 9.92. The Hall–Kier alpha value is -4.13. The van der Waals surface area contributed by atoms with E-state index in [0.29, 0.717) is 26.1 Å². The van der Waals surface area contributed by atoms with Gasteiger partial charge in [-0.25, -0.2) is 0 Å². The number of benzene rings is 2. The Morgan fingerprint density at radius 2 is 2.03 bits per heavy atom. The van der Waals surface area contributed by atoms with E-state index in [1.165, 1.54) is 34.1 Å². The highest BCUT2D eigenvalue weighted by molar-refractivity contribution is 5.99. The molecule has 0 bridgehead atoms. The zero-order valence-corrected chi connectivity index (χ0v) is 19.5. The molecule has 1 aromatic heterocycles. The van der Waals surface area contributed by atoms with Gasteiger partial charge in [-0.2, -0.15) is 0 Å². The van der Waals surface area contributed by atoms with Crippen molar-refractivity contribution in [1.29, 1.82) is 0 Å². The largest absolute Gasteiger partial charge is 0.459 e. The first-order valence-electron chi connectivity index (χ1n) is 11.9. The van der Waals surface area contributed by atoms with Crippen molar-refractivity contribution >= 4 is 29.3 Å². The summed E-state index contributed by atoms with van der Waals surface area (Å²) in [7, 11) is 1.61. The molecule has 7 nitrogen and oxygen atoms in total. The van der Waals surface area contributed by atoms with Gasteiger partial charge in [0.05, 0.1) is 12.8 Å². The minimum Gasteiger partial charge on any atom is -0.459 e. The molecule has 0 radical (unpaired) electrons. The van der Waals surface area contributed by atoms with Gasteiger partial charge >= 0.3 is 0 Å². The first-order valence-corrected chi connectivity index (χ1v) is 11.9. The second-order valence-electron chi connectivity index (χ2n) is 9.20. The number of nitrogens with one attached hydrogen (secondary N) is 2. The molecule has 2 aromatic carbocycles. The molecule has 2 N–H and O–H groups in total. The third-order valence-electron chi connectivity index (χ3n) is 7.18. The maximum Gasteiger partial charge on any atom is 0.290 e. The summed E-state index contributed by atoms with van der Waals surface area (Å²) in [5.74, 6) is -0.151. The van der Waals surface area contributed by atoms with E-state index in [1.807, 2.05) is 36.5 Å². The predicted octanol–water partition coefficient (Wildman–Crippen LogP) is 3.79. The number of aliphatic imine (C=N–C) groups is 1. The average Bonchev–Trinajstić information content (AvgIpc) is 3.63. The van der Waals surface area contributed by atoms with E-state index < -0.39 is 6.04 Å². The molecule has 7 heteroatoms. The van der Waals surface area contributed by atoms with Gasteiger partial charge in [0, 0.05) is 44.0 Å². The Bertz CT molecular complexity index is 1400. The summed E-state index contributed by atoms with van der Waals surface area (Å²) in [6.45, 7) is 1.55. The van der Waals surface area contributed by atoms with Crippen LogP contribution in [0.5, 0.6) is 0 Å². The molecule has 0 spiro atoms. The van der Waals surface area contributed by atoms with Crippen molar-refractivity contribution in [2.45, 2.75) is 32.0 Å². The standard InChI is InChI=1S/C28H26N4O3/c1-29-27(33)25-12-24-21(10-17-4-2-3-5-23(17)24)16-32(25)28(34)26-19(8-9-35-26)15-31-22-7-6-18-13-30-14-20(18)11-22/h2-9,11,13,25,31H,10,12,14-16H2,1H3,(H,29,33)/t25-/m1/s1. The number of hydrogen-bond donors (Lipinski definition) is 2. The molecule has 176 valence electrons. The number of amides is 2. The summed E-state index contributed by atoms with van der Waals surface area (Å²) in [4.78, 5) is 32.6. The molecule has 0 unspecified atom stereocenters. The van der Waals surface area contributed by atoms with Crippen LogP contribution in [0.15, 0.2) is 69.8 Å². The third-order valence-corrected chi connectivity index (χ3v) is 7.18. The Labute approximate surface area is 203 Å². The van der Waals surface area contributed by atoms with Crippen molar-refractivity contribution in [3.8, 4) is 0 Å². The summed E-state index contributed by atoms with van der Waals surface area (Å²) in [5, 5.41) is 6.14. The Morgan fingerprint density at radius 3 is 2.91 bits per heavy atom. The summed E-state index contributed by atoms with van der Waals surface area (Å²) in [5.41, 5.74) is 8.90. The van der Waals surface area contributed by atoms with E-state index in [0.717, 1.165) is 23.2 Å². The molecule has 0 saturated heterocycles. The van der Waals surface area contributed by atoms with Gasteiger partial charge in [0.2, 0.25) is 5.91 Å². The Morgan fingerprint density at radius 1 is 1.14 bits per heavy atom. The fraction of sp³-hybridized carbons (Fsp3) is 0.250. The van der Waals surface area contributed by atoms with Gasteiger partial charge in [-0.15, -0.1) is 0 Å². The molecule has 3 heterocycles. The molecule has 1 aliphatic carbocycles. The van der Waals surface area contributed by atoms with E-state index in [4.69, 9.17) is 4.42 Å². The number of nitrogens with zero attached hydrogens (tertiary/aromatic N) is 2. The highest BCUT2D eigenvalue weighted by atomic mass is 16.3. The minimum atomic E-state index is -0.583. The van der Waals surface area contributed by atoms with E-state index >= 15 is 0 Å². The monoisotopic (exact) mass is 466 g/mol. The number of rotatable bonds is 5. The van der Waals surface area contributed by atoms with Gasteiger partial charge in [0.1, 0.15) is 6.04 Å². The molecule has 35 heavy (non-hydrogen) atoms. The lowest BCUT2D eigenvalue weighted by Gasteiger charge is -2.35. The topological polar surface area (TPSA) is 86.9 Å². The van der Waals surface area contributed by atoms with E-state index in [-0.39, 0.29) is 17.6 Å². The van der Waals surface area contributed by atoms with Crippen molar-refractivity contribution in [1.82, 2.24) is 10.2 Å². The van der Waals surface area contributed by atoms with Crippen molar-refractivity contribution in [2.24, 2.45) is 4.99 Å². The number of furan rings is 1. The van der Waals surface area contributed by atoms with Crippen LogP contribution in [-0.4, -0.2) is 42.6 Å². The number of carbonyl (C=O) groups excluding carboxylic acids is 2. The summed E-state index contributed by atoms with van der Waals surface area (Å²) in [6.07, 6.45) is 4.74. The van der Waals surface area contributed by atoms with Crippen LogP contribution in [0.25, 0.3) is 5.57 Å². The molecular formula is C28H26N4O3. The van der Waals surface area contributed by atoms with E-state index in [1.54, 1.807) is 11.9 Å². The Kier molecular flexibility index (Phi) is 5.25. The second kappa shape index (κ2) is 8.58. The van der Waals surface area contributed by atoms with Gasteiger partial charge < -0.3 is 20.0 Å². The quantitative estimate of drug-likeness (QED) is 0.599. The number of carbonyl (C=O) groups is 2. The van der Waals surface area contributed by atoms with Gasteiger partial charge in [-0.1, -0.05) is 30.3 Å². The molecule has 0 saturated carbocycles. The van der Waals surface area contributed by atoms with Crippen LogP contribution in [0.3, 0.4) is 0 Å². The fourth-order valence-corrected chi connectivity index (χ4v) is 5.35. The Balaban J connectivity index is 1.24. The zero-order chi connectivity index (χ0) is 23.9. The second-order valence-corrected chi connectivity index (χ2v) is 9.20. The predicted molar refractivity (Wildman–Crippen MR) is 134 cm³/mol. The molecule has 3 aromatic rings. The molecule has 3 aliphatic rings. The van der Waals surface area contributed by atoms with Gasteiger partial charge in [-0.3, -0.25) is 14.6 Å². The first kappa shape index (κ1) is 21.4. The molecule has 1 atom stereocenters. The number of likely N-dealkylation sites (N-methyl/N-ethyl adjacent to an activating group) is 1. The smallest absolute Gasteiger partial charge is 0.290 e. The van der Waals surface area contributed by atoms with Crippen molar-refractivity contribution in [3.05, 3.63) is 93.9 Å². The zero-order valence-electron chi connectivity index (χ0n) is 19.5. The summed E-state index contributed by atoms with van der Waals surface area (Å²) >= 11 is 0. The molecular weight excluding hydrogens is 440 g/mol. The van der Waals surface area contributed by atoms with E-state index in [2.05, 4.69) is 33.8 Å². The van der Waals surface area contributed by atoms with Crippen molar-refractivity contribution in [2.75, 3.05) is 18.9 Å². The minimum absolute atomic E-state index is 0.166. The van der Waals surface area contributed by atoms with E-state index in [9.17, 15) is 9.59 Å². The van der Waals surface area contributed by atoms with Crippen LogP contribution >= 0.6 is 0 Å². The maximum atomic E-state index is 13.7. The average molecular weight is 467 g/mol. The highest BCUT2D eigenvalue weighted by Crippen LogP contribution is 2.40. The number of anilines is 1. The highest BCUT2D eigenvalue weighted by Gasteiger charge is 2.39. The van der Waals surface area contributed by atoms with Crippen LogP contribution in [0.2, 0.25) is 0 Å². The van der Waals surface area contributed by atoms with Gasteiger partial charge in [0.15, 0.2) is 5.76 Å².